The molecule has 1 aromatic heterocycles. The molecule has 146 valence electrons. The molecule has 0 aliphatic rings. The van der Waals surface area contributed by atoms with E-state index in [9.17, 15) is 9.59 Å². The molecule has 0 saturated heterocycles. The molecule has 5 nitrogen and oxygen atoms in total. The van der Waals surface area contributed by atoms with Gasteiger partial charge >= 0.3 is 0 Å². The van der Waals surface area contributed by atoms with E-state index >= 15 is 0 Å². The van der Waals surface area contributed by atoms with Gasteiger partial charge in [-0.1, -0.05) is 48.5 Å². The van der Waals surface area contributed by atoms with Crippen LogP contribution in [0.4, 0.5) is 0 Å². The van der Waals surface area contributed by atoms with Crippen molar-refractivity contribution in [2.45, 2.75) is 12.5 Å². The first kappa shape index (κ1) is 20.0. The maximum Gasteiger partial charge on any atom is 0.239 e. The van der Waals surface area contributed by atoms with E-state index in [2.05, 4.69) is 21.6 Å². The topological polar surface area (TPSA) is 61.4 Å². The van der Waals surface area contributed by atoms with E-state index < -0.39 is 0 Å². The minimum absolute atomic E-state index is 0.0197. The zero-order valence-corrected chi connectivity index (χ0v) is 17.0. The van der Waals surface area contributed by atoms with E-state index in [1.807, 2.05) is 68.0 Å². The van der Waals surface area contributed by atoms with E-state index in [1.165, 1.54) is 4.88 Å². The van der Waals surface area contributed by atoms with Gasteiger partial charge in [0.1, 0.15) is 0 Å². The van der Waals surface area contributed by atoms with Crippen LogP contribution in [0.3, 0.4) is 0 Å². The number of carbonyl (C=O) groups excluding carboxylic acids is 2. The number of amides is 2. The van der Waals surface area contributed by atoms with Crippen LogP contribution in [-0.2, 0) is 16.0 Å². The van der Waals surface area contributed by atoms with Crippen molar-refractivity contribution in [3.63, 3.8) is 0 Å². The molecule has 2 aromatic carbocycles. The van der Waals surface area contributed by atoms with Gasteiger partial charge in [0, 0.05) is 11.4 Å². The molecule has 3 aromatic rings. The average molecular weight is 396 g/mol. The summed E-state index contributed by atoms with van der Waals surface area (Å²) in [6, 6.07) is 18.1. The van der Waals surface area contributed by atoms with Gasteiger partial charge in [0.25, 0.3) is 0 Å². The summed E-state index contributed by atoms with van der Waals surface area (Å²) in [4.78, 5) is 27.7. The molecule has 6 heteroatoms. The molecule has 0 bridgehead atoms. The molecule has 2 amide bonds. The Morgan fingerprint density at radius 2 is 1.75 bits per heavy atom. The van der Waals surface area contributed by atoms with E-state index in [0.29, 0.717) is 6.54 Å². The second kappa shape index (κ2) is 9.48. The Hall–Kier alpha value is -2.70. The smallest absolute Gasteiger partial charge is 0.239 e. The lowest BCUT2D eigenvalue weighted by Crippen LogP contribution is -2.40. The first-order valence-electron chi connectivity index (χ1n) is 9.24. The predicted octanol–water partition coefficient (Wildman–Crippen LogP) is 2.98. The molecule has 0 radical (unpaired) electrons. The molecule has 0 aliphatic heterocycles. The van der Waals surface area contributed by atoms with Crippen molar-refractivity contribution in [3.05, 3.63) is 70.4 Å². The van der Waals surface area contributed by atoms with Gasteiger partial charge in [0.05, 0.1) is 19.0 Å². The Morgan fingerprint density at radius 3 is 2.50 bits per heavy atom. The molecule has 0 spiro atoms. The number of benzene rings is 2. The van der Waals surface area contributed by atoms with Gasteiger partial charge < -0.3 is 15.5 Å². The molecular weight excluding hydrogens is 370 g/mol. The van der Waals surface area contributed by atoms with Crippen molar-refractivity contribution in [2.75, 3.05) is 27.2 Å². The van der Waals surface area contributed by atoms with Gasteiger partial charge in [-0.05, 0) is 41.9 Å². The first-order chi connectivity index (χ1) is 13.5. The molecule has 1 heterocycles. The second-order valence-electron chi connectivity index (χ2n) is 6.89. The first-order valence-corrected chi connectivity index (χ1v) is 10.1. The number of nitrogens with zero attached hydrogens (tertiary/aromatic N) is 1. The van der Waals surface area contributed by atoms with Crippen LogP contribution in [0.5, 0.6) is 0 Å². The number of hydrogen-bond acceptors (Lipinski definition) is 4. The van der Waals surface area contributed by atoms with E-state index in [0.717, 1.165) is 16.3 Å². The lowest BCUT2D eigenvalue weighted by atomic mass is 10.0. The van der Waals surface area contributed by atoms with Crippen LogP contribution in [0.15, 0.2) is 60.0 Å². The highest BCUT2D eigenvalue weighted by atomic mass is 32.1. The standard InChI is InChI=1S/C22H25N3O2S/c1-25(2)19(20-11-6-12-28-20)14-23-22(27)15-24-21(26)13-17-9-5-8-16-7-3-4-10-18(16)17/h3-12,19H,13-15H2,1-2H3,(H,23,27)(H,24,26)/t19-/m0/s1. The van der Waals surface area contributed by atoms with Gasteiger partial charge in [0.2, 0.25) is 11.8 Å². The fraction of sp³-hybridized carbons (Fsp3) is 0.273. The molecule has 0 fully saturated rings. The predicted molar refractivity (Wildman–Crippen MR) is 114 cm³/mol. The Morgan fingerprint density at radius 1 is 0.964 bits per heavy atom. The second-order valence-corrected chi connectivity index (χ2v) is 7.87. The summed E-state index contributed by atoms with van der Waals surface area (Å²) >= 11 is 1.67. The van der Waals surface area contributed by atoms with Crippen molar-refractivity contribution in [3.8, 4) is 0 Å². The molecule has 2 N–H and O–H groups in total. The van der Waals surface area contributed by atoms with Gasteiger partial charge in [-0.15, -0.1) is 11.3 Å². The summed E-state index contributed by atoms with van der Waals surface area (Å²) in [6.07, 6.45) is 0.254. The third kappa shape index (κ3) is 5.18. The zero-order chi connectivity index (χ0) is 19.9. The van der Waals surface area contributed by atoms with Gasteiger partial charge in [-0.3, -0.25) is 9.59 Å². The largest absolute Gasteiger partial charge is 0.353 e. The lowest BCUT2D eigenvalue weighted by molar-refractivity contribution is -0.125. The number of fused-ring (bicyclic) bond motifs is 1. The molecule has 0 saturated carbocycles. The van der Waals surface area contributed by atoms with Crippen LogP contribution in [-0.4, -0.2) is 43.9 Å². The van der Waals surface area contributed by atoms with Crippen LogP contribution < -0.4 is 10.6 Å². The van der Waals surface area contributed by atoms with Crippen molar-refractivity contribution in [1.82, 2.24) is 15.5 Å². The maximum atomic E-state index is 12.3. The quantitative estimate of drug-likeness (QED) is 0.616. The fourth-order valence-electron chi connectivity index (χ4n) is 3.15. The van der Waals surface area contributed by atoms with Crippen molar-refractivity contribution >= 4 is 33.9 Å². The molecule has 0 unspecified atom stereocenters. The van der Waals surface area contributed by atoms with Crippen LogP contribution in [0.25, 0.3) is 10.8 Å². The summed E-state index contributed by atoms with van der Waals surface area (Å²) in [5.41, 5.74) is 0.960. The molecule has 1 atom stereocenters. The summed E-state index contributed by atoms with van der Waals surface area (Å²) in [6.45, 7) is 0.486. The third-order valence-corrected chi connectivity index (χ3v) is 5.64. The third-order valence-electron chi connectivity index (χ3n) is 4.66. The number of thiophene rings is 1. The molecule has 3 rings (SSSR count). The van der Waals surface area contributed by atoms with Crippen LogP contribution >= 0.6 is 11.3 Å². The highest BCUT2D eigenvalue weighted by molar-refractivity contribution is 7.10. The summed E-state index contributed by atoms with van der Waals surface area (Å²) in [7, 11) is 3.98. The van der Waals surface area contributed by atoms with Gasteiger partial charge in [-0.25, -0.2) is 0 Å². The lowest BCUT2D eigenvalue weighted by Gasteiger charge is -2.23. The Kier molecular flexibility index (Phi) is 6.79. The van der Waals surface area contributed by atoms with E-state index in [1.54, 1.807) is 11.3 Å². The maximum absolute atomic E-state index is 12.3. The molecular formula is C22H25N3O2S. The van der Waals surface area contributed by atoms with Crippen molar-refractivity contribution < 1.29 is 9.59 Å². The van der Waals surface area contributed by atoms with Gasteiger partial charge in [-0.2, -0.15) is 0 Å². The minimum Gasteiger partial charge on any atom is -0.353 e. The fourth-order valence-corrected chi connectivity index (χ4v) is 4.08. The number of nitrogens with one attached hydrogen (secondary N) is 2. The Labute approximate surface area is 169 Å². The minimum atomic E-state index is -0.185. The van der Waals surface area contributed by atoms with E-state index in [4.69, 9.17) is 0 Å². The monoisotopic (exact) mass is 395 g/mol. The highest BCUT2D eigenvalue weighted by Crippen LogP contribution is 2.22. The number of rotatable bonds is 8. The van der Waals surface area contributed by atoms with Crippen molar-refractivity contribution in [2.24, 2.45) is 0 Å². The average Bonchev–Trinajstić information content (AvgIpc) is 3.21. The number of hydrogen-bond donors (Lipinski definition) is 2. The summed E-state index contributed by atoms with van der Waals surface area (Å²) < 4.78 is 0. The number of likely N-dealkylation sites (N-methyl/N-ethyl adjacent to an activating group) is 1. The zero-order valence-electron chi connectivity index (χ0n) is 16.1. The summed E-state index contributed by atoms with van der Waals surface area (Å²) in [5, 5.41) is 9.83. The SMILES string of the molecule is CN(C)[C@@H](CNC(=O)CNC(=O)Cc1cccc2ccccc12)c1cccs1. The van der Waals surface area contributed by atoms with E-state index in [-0.39, 0.29) is 30.8 Å². The molecule has 0 aliphatic carbocycles. The van der Waals surface area contributed by atoms with Crippen LogP contribution in [0.2, 0.25) is 0 Å². The Balaban J connectivity index is 1.49. The van der Waals surface area contributed by atoms with Gasteiger partial charge in [0.15, 0.2) is 0 Å². The number of carbonyl (C=O) groups is 2. The Bertz CT molecular complexity index is 933. The normalized spacial score (nSPS) is 12.1. The molecule has 28 heavy (non-hydrogen) atoms. The van der Waals surface area contributed by atoms with Crippen LogP contribution in [0, 0.1) is 0 Å². The summed E-state index contributed by atoms with van der Waals surface area (Å²) in [5.74, 6) is -0.344. The highest BCUT2D eigenvalue weighted by Gasteiger charge is 2.16. The van der Waals surface area contributed by atoms with Crippen LogP contribution in [0.1, 0.15) is 16.5 Å². The van der Waals surface area contributed by atoms with Crippen molar-refractivity contribution in [1.29, 1.82) is 0 Å².